The third kappa shape index (κ3) is 9.88. The molecule has 2 saturated heterocycles. The van der Waals surface area contributed by atoms with E-state index in [4.69, 9.17) is 9.47 Å². The number of rotatable bonds is 0. The van der Waals surface area contributed by atoms with Crippen LogP contribution in [0.2, 0.25) is 0 Å². The van der Waals surface area contributed by atoms with Crippen molar-refractivity contribution >= 4 is 12.2 Å². The topological polar surface area (TPSA) is 59.1 Å². The van der Waals surface area contributed by atoms with Crippen LogP contribution in [0.25, 0.3) is 0 Å². The van der Waals surface area contributed by atoms with Gasteiger partial charge in [0.1, 0.15) is 11.2 Å². The first-order valence-electron chi connectivity index (χ1n) is 9.94. The summed E-state index contributed by atoms with van der Waals surface area (Å²) in [4.78, 5) is 26.6. The molecule has 26 heavy (non-hydrogen) atoms. The van der Waals surface area contributed by atoms with Crippen LogP contribution in [0.3, 0.4) is 0 Å². The molecular formula is C20H38N2O4. The number of ether oxygens (including phenoxy) is 2. The Bertz CT molecular complexity index is 398. The van der Waals surface area contributed by atoms with Crippen LogP contribution in [0.15, 0.2) is 0 Å². The van der Waals surface area contributed by atoms with Crippen molar-refractivity contribution in [2.24, 2.45) is 0 Å². The van der Waals surface area contributed by atoms with E-state index >= 15 is 0 Å². The van der Waals surface area contributed by atoms with Crippen LogP contribution in [-0.4, -0.2) is 59.4 Å². The second-order valence-electron chi connectivity index (χ2n) is 9.06. The lowest BCUT2D eigenvalue weighted by atomic mass is 10.1. The van der Waals surface area contributed by atoms with Gasteiger partial charge in [-0.05, 0) is 80.1 Å². The first-order valence-corrected chi connectivity index (χ1v) is 9.94. The molecule has 0 bridgehead atoms. The summed E-state index contributed by atoms with van der Waals surface area (Å²) in [5.74, 6) is 0. The number of carbonyl (C=O) groups excluding carboxylic acids is 2. The summed E-state index contributed by atoms with van der Waals surface area (Å²) in [5, 5.41) is 0. The zero-order valence-corrected chi connectivity index (χ0v) is 17.6. The third-order valence-corrected chi connectivity index (χ3v) is 4.02. The van der Waals surface area contributed by atoms with E-state index < -0.39 is 0 Å². The summed E-state index contributed by atoms with van der Waals surface area (Å²) in [5.41, 5.74) is -0.733. The summed E-state index contributed by atoms with van der Waals surface area (Å²) in [7, 11) is 0. The Hall–Kier alpha value is -1.46. The van der Waals surface area contributed by atoms with Gasteiger partial charge in [-0.25, -0.2) is 9.59 Å². The predicted molar refractivity (Wildman–Crippen MR) is 103 cm³/mol. The van der Waals surface area contributed by atoms with Gasteiger partial charge in [0, 0.05) is 26.2 Å². The maximum Gasteiger partial charge on any atom is 0.410 e. The van der Waals surface area contributed by atoms with Crippen molar-refractivity contribution in [3.05, 3.63) is 0 Å². The average molecular weight is 371 g/mol. The highest BCUT2D eigenvalue weighted by Crippen LogP contribution is 2.15. The molecule has 6 nitrogen and oxygen atoms in total. The van der Waals surface area contributed by atoms with Gasteiger partial charge >= 0.3 is 12.2 Å². The van der Waals surface area contributed by atoms with Crippen molar-refractivity contribution in [1.82, 2.24) is 9.80 Å². The predicted octanol–water partition coefficient (Wildman–Crippen LogP) is 4.81. The van der Waals surface area contributed by atoms with Gasteiger partial charge in [-0.1, -0.05) is 0 Å². The number of piperidine rings is 2. The number of carbonyl (C=O) groups is 2. The van der Waals surface area contributed by atoms with Gasteiger partial charge in [-0.2, -0.15) is 0 Å². The molecule has 2 aliphatic heterocycles. The zero-order chi connectivity index (χ0) is 19.8. The number of likely N-dealkylation sites (tertiary alicyclic amines) is 2. The van der Waals surface area contributed by atoms with Crippen LogP contribution in [0.1, 0.15) is 80.1 Å². The molecule has 0 radical (unpaired) electrons. The molecule has 2 heterocycles. The van der Waals surface area contributed by atoms with Gasteiger partial charge in [-0.15, -0.1) is 0 Å². The Kier molecular flexibility index (Phi) is 8.71. The lowest BCUT2D eigenvalue weighted by Gasteiger charge is -2.29. The Morgan fingerprint density at radius 2 is 0.846 bits per heavy atom. The minimum atomic E-state index is -0.367. The molecule has 0 aromatic carbocycles. The molecular weight excluding hydrogens is 332 g/mol. The Labute approximate surface area is 159 Å². The average Bonchev–Trinajstić information content (AvgIpc) is 2.54. The summed E-state index contributed by atoms with van der Waals surface area (Å²) >= 11 is 0. The highest BCUT2D eigenvalue weighted by Gasteiger charge is 2.23. The fraction of sp³-hybridized carbons (Fsp3) is 0.900. The fourth-order valence-corrected chi connectivity index (χ4v) is 2.81. The zero-order valence-electron chi connectivity index (χ0n) is 17.6. The van der Waals surface area contributed by atoms with Crippen LogP contribution in [0.5, 0.6) is 0 Å². The molecule has 0 aromatic heterocycles. The van der Waals surface area contributed by atoms with E-state index in [-0.39, 0.29) is 23.4 Å². The van der Waals surface area contributed by atoms with E-state index in [0.717, 1.165) is 51.9 Å². The Balaban J connectivity index is 0.000000260. The van der Waals surface area contributed by atoms with Crippen LogP contribution < -0.4 is 0 Å². The smallest absolute Gasteiger partial charge is 0.410 e. The van der Waals surface area contributed by atoms with Gasteiger partial charge in [0.25, 0.3) is 0 Å². The van der Waals surface area contributed by atoms with E-state index in [1.165, 1.54) is 12.8 Å². The molecule has 0 spiro atoms. The quantitative estimate of drug-likeness (QED) is 0.614. The molecule has 0 unspecified atom stereocenters. The molecule has 0 aliphatic carbocycles. The molecule has 2 aliphatic rings. The van der Waals surface area contributed by atoms with Crippen molar-refractivity contribution < 1.29 is 19.1 Å². The maximum atomic E-state index is 11.5. The molecule has 0 aromatic rings. The number of amides is 2. The van der Waals surface area contributed by atoms with Crippen molar-refractivity contribution in [2.45, 2.75) is 91.3 Å². The second kappa shape index (κ2) is 10.0. The molecule has 0 saturated carbocycles. The molecule has 0 N–H and O–H groups in total. The van der Waals surface area contributed by atoms with Gasteiger partial charge in [0.05, 0.1) is 0 Å². The summed E-state index contributed by atoms with van der Waals surface area (Å²) < 4.78 is 10.5. The number of hydrogen-bond donors (Lipinski definition) is 0. The Morgan fingerprint density at radius 1 is 0.577 bits per heavy atom. The van der Waals surface area contributed by atoms with Crippen LogP contribution in [-0.2, 0) is 9.47 Å². The maximum absolute atomic E-state index is 11.5. The summed E-state index contributed by atoms with van der Waals surface area (Å²) in [6.45, 7) is 14.8. The van der Waals surface area contributed by atoms with Gasteiger partial charge < -0.3 is 19.3 Å². The highest BCUT2D eigenvalue weighted by molar-refractivity contribution is 5.68. The molecule has 6 heteroatoms. The van der Waals surface area contributed by atoms with Crippen molar-refractivity contribution in [3.63, 3.8) is 0 Å². The van der Waals surface area contributed by atoms with E-state index in [1.54, 1.807) is 9.80 Å². The molecule has 2 rings (SSSR count). The van der Waals surface area contributed by atoms with E-state index in [1.807, 2.05) is 41.5 Å². The monoisotopic (exact) mass is 370 g/mol. The first kappa shape index (κ1) is 22.6. The minimum absolute atomic E-state index is 0.160. The molecule has 0 atom stereocenters. The molecule has 2 amide bonds. The normalized spacial score (nSPS) is 18.5. The second-order valence-corrected chi connectivity index (χ2v) is 9.06. The minimum Gasteiger partial charge on any atom is -0.444 e. The van der Waals surface area contributed by atoms with Crippen LogP contribution in [0.4, 0.5) is 9.59 Å². The Morgan fingerprint density at radius 3 is 1.08 bits per heavy atom. The van der Waals surface area contributed by atoms with E-state index in [0.29, 0.717) is 0 Å². The first-order chi connectivity index (χ1) is 12.0. The number of hydrogen-bond acceptors (Lipinski definition) is 4. The number of nitrogens with zero attached hydrogens (tertiary/aromatic N) is 2. The van der Waals surface area contributed by atoms with Crippen molar-refractivity contribution in [1.29, 1.82) is 0 Å². The SMILES string of the molecule is CC(C)(C)OC(=O)N1CCCCC1.CC(C)(C)OC(=O)N1CCCCC1. The van der Waals surface area contributed by atoms with Crippen LogP contribution >= 0.6 is 0 Å². The highest BCUT2D eigenvalue weighted by atomic mass is 16.6. The van der Waals surface area contributed by atoms with Crippen molar-refractivity contribution in [3.8, 4) is 0 Å². The standard InChI is InChI=1S/2C10H19NO2/c2*1-10(2,3)13-9(12)11-7-5-4-6-8-11/h2*4-8H2,1-3H3. The van der Waals surface area contributed by atoms with Gasteiger partial charge in [-0.3, -0.25) is 0 Å². The summed E-state index contributed by atoms with van der Waals surface area (Å²) in [6.07, 6.45) is 6.59. The fourth-order valence-electron chi connectivity index (χ4n) is 2.81. The van der Waals surface area contributed by atoms with E-state index in [2.05, 4.69) is 0 Å². The lowest BCUT2D eigenvalue weighted by molar-refractivity contribution is 0.0205. The van der Waals surface area contributed by atoms with Crippen LogP contribution in [0, 0.1) is 0 Å². The molecule has 152 valence electrons. The largest absolute Gasteiger partial charge is 0.444 e. The van der Waals surface area contributed by atoms with E-state index in [9.17, 15) is 9.59 Å². The van der Waals surface area contributed by atoms with Gasteiger partial charge in [0.2, 0.25) is 0 Å². The van der Waals surface area contributed by atoms with Gasteiger partial charge in [0.15, 0.2) is 0 Å². The lowest BCUT2D eigenvalue weighted by Crippen LogP contribution is -2.39. The summed E-state index contributed by atoms with van der Waals surface area (Å²) in [6, 6.07) is 0. The molecule has 2 fully saturated rings. The third-order valence-electron chi connectivity index (χ3n) is 4.02. The van der Waals surface area contributed by atoms with Crippen molar-refractivity contribution in [2.75, 3.05) is 26.2 Å².